The predicted octanol–water partition coefficient (Wildman–Crippen LogP) is 2.29. The Kier molecular flexibility index (Phi) is 4.17. The largest absolute Gasteiger partial charge is 0.497 e. The maximum Gasteiger partial charge on any atom is 0.273 e. The van der Waals surface area contributed by atoms with E-state index in [9.17, 15) is 4.79 Å². The van der Waals surface area contributed by atoms with Crippen LogP contribution >= 0.6 is 11.3 Å². The molecule has 6 heteroatoms. The highest BCUT2D eigenvalue weighted by molar-refractivity contribution is 7.13. The van der Waals surface area contributed by atoms with E-state index in [4.69, 9.17) is 9.47 Å². The molecule has 1 aromatic heterocycles. The Balaban J connectivity index is 1.77. The second-order valence-corrected chi connectivity index (χ2v) is 5.53. The molecule has 1 amide bonds. The minimum atomic E-state index is -0.0192. The zero-order valence-electron chi connectivity index (χ0n) is 11.7. The summed E-state index contributed by atoms with van der Waals surface area (Å²) in [7, 11) is 1.64. The normalized spacial score (nSPS) is 15.0. The lowest BCUT2D eigenvalue weighted by atomic mass is 10.2. The Morgan fingerprint density at radius 1 is 1.29 bits per heavy atom. The zero-order chi connectivity index (χ0) is 14.7. The topological polar surface area (TPSA) is 51.7 Å². The van der Waals surface area contributed by atoms with Crippen molar-refractivity contribution >= 4 is 17.2 Å². The van der Waals surface area contributed by atoms with Crippen LogP contribution in [0.4, 0.5) is 0 Å². The highest BCUT2D eigenvalue weighted by Crippen LogP contribution is 2.26. The number of rotatable bonds is 3. The Morgan fingerprint density at radius 2 is 2.00 bits per heavy atom. The minimum Gasteiger partial charge on any atom is -0.497 e. The average molecular weight is 304 g/mol. The van der Waals surface area contributed by atoms with E-state index < -0.39 is 0 Å². The van der Waals surface area contributed by atoms with Crippen molar-refractivity contribution in [3.8, 4) is 16.3 Å². The first-order chi connectivity index (χ1) is 10.3. The van der Waals surface area contributed by atoms with Gasteiger partial charge >= 0.3 is 0 Å². The van der Waals surface area contributed by atoms with E-state index in [-0.39, 0.29) is 5.91 Å². The van der Waals surface area contributed by atoms with Crippen LogP contribution in [0.25, 0.3) is 10.6 Å². The van der Waals surface area contributed by atoms with Crippen molar-refractivity contribution in [2.75, 3.05) is 33.4 Å². The van der Waals surface area contributed by atoms with Crippen LogP contribution in [0.2, 0.25) is 0 Å². The number of methoxy groups -OCH3 is 1. The van der Waals surface area contributed by atoms with Gasteiger partial charge in [0.1, 0.15) is 16.5 Å². The number of aromatic nitrogens is 1. The van der Waals surface area contributed by atoms with Gasteiger partial charge in [-0.3, -0.25) is 4.79 Å². The third-order valence-electron chi connectivity index (χ3n) is 3.36. The molecule has 5 nitrogen and oxygen atoms in total. The number of hydrogen-bond donors (Lipinski definition) is 0. The van der Waals surface area contributed by atoms with Crippen molar-refractivity contribution in [2.24, 2.45) is 0 Å². The molecule has 21 heavy (non-hydrogen) atoms. The summed E-state index contributed by atoms with van der Waals surface area (Å²) < 4.78 is 10.4. The first kappa shape index (κ1) is 14.0. The van der Waals surface area contributed by atoms with Crippen molar-refractivity contribution < 1.29 is 14.3 Å². The highest BCUT2D eigenvalue weighted by atomic mass is 32.1. The molecular weight excluding hydrogens is 288 g/mol. The molecule has 3 rings (SSSR count). The van der Waals surface area contributed by atoms with E-state index in [0.717, 1.165) is 16.3 Å². The highest BCUT2D eigenvalue weighted by Gasteiger charge is 2.21. The van der Waals surface area contributed by atoms with Gasteiger partial charge in [0.25, 0.3) is 5.91 Å². The van der Waals surface area contributed by atoms with Crippen molar-refractivity contribution in [1.82, 2.24) is 9.88 Å². The van der Waals surface area contributed by atoms with E-state index in [2.05, 4.69) is 4.98 Å². The first-order valence-corrected chi connectivity index (χ1v) is 7.63. The molecule has 0 aliphatic carbocycles. The number of morpholine rings is 1. The molecule has 0 spiro atoms. The molecule has 110 valence electrons. The standard InChI is InChI=1S/C15H16N2O3S/c1-19-12-4-2-11(3-5-12)14-16-13(10-21-14)15(18)17-6-8-20-9-7-17/h2-5,10H,6-9H2,1H3. The number of carbonyl (C=O) groups is 1. The van der Waals surface area contributed by atoms with Crippen LogP contribution in [0.1, 0.15) is 10.5 Å². The first-order valence-electron chi connectivity index (χ1n) is 6.75. The summed E-state index contributed by atoms with van der Waals surface area (Å²) >= 11 is 1.48. The van der Waals surface area contributed by atoms with Crippen molar-refractivity contribution in [3.63, 3.8) is 0 Å². The Hall–Kier alpha value is -1.92. The lowest BCUT2D eigenvalue weighted by Gasteiger charge is -2.25. The van der Waals surface area contributed by atoms with Gasteiger partial charge in [0.2, 0.25) is 0 Å². The molecule has 0 unspecified atom stereocenters. The summed E-state index contributed by atoms with van der Waals surface area (Å²) in [5.41, 5.74) is 1.49. The molecule has 0 N–H and O–H groups in total. The summed E-state index contributed by atoms with van der Waals surface area (Å²) in [5, 5.41) is 2.66. The summed E-state index contributed by atoms with van der Waals surface area (Å²) in [6.45, 7) is 2.46. The van der Waals surface area contributed by atoms with Crippen LogP contribution in [0, 0.1) is 0 Å². The molecule has 0 saturated carbocycles. The lowest BCUT2D eigenvalue weighted by molar-refractivity contribution is 0.0299. The zero-order valence-corrected chi connectivity index (χ0v) is 12.6. The third-order valence-corrected chi connectivity index (χ3v) is 4.25. The van der Waals surface area contributed by atoms with E-state index >= 15 is 0 Å². The monoisotopic (exact) mass is 304 g/mol. The fraction of sp³-hybridized carbons (Fsp3) is 0.333. The number of ether oxygens (including phenoxy) is 2. The molecular formula is C15H16N2O3S. The average Bonchev–Trinajstić information content (AvgIpc) is 3.05. The minimum absolute atomic E-state index is 0.0192. The second-order valence-electron chi connectivity index (χ2n) is 4.67. The molecule has 2 aromatic rings. The van der Waals surface area contributed by atoms with Crippen LogP contribution in [-0.4, -0.2) is 49.2 Å². The molecule has 1 aromatic carbocycles. The lowest BCUT2D eigenvalue weighted by Crippen LogP contribution is -2.40. The smallest absolute Gasteiger partial charge is 0.273 e. The molecule has 1 aliphatic rings. The maximum absolute atomic E-state index is 12.3. The van der Waals surface area contributed by atoms with Crippen LogP contribution in [0.15, 0.2) is 29.6 Å². The number of nitrogens with zero attached hydrogens (tertiary/aromatic N) is 2. The summed E-state index contributed by atoms with van der Waals surface area (Å²) in [4.78, 5) is 18.6. The Morgan fingerprint density at radius 3 is 2.67 bits per heavy atom. The van der Waals surface area contributed by atoms with Gasteiger partial charge in [-0.1, -0.05) is 0 Å². The maximum atomic E-state index is 12.3. The van der Waals surface area contributed by atoms with Crippen LogP contribution in [0.5, 0.6) is 5.75 Å². The molecule has 1 aliphatic heterocycles. The predicted molar refractivity (Wildman–Crippen MR) is 80.8 cm³/mol. The van der Waals surface area contributed by atoms with Crippen LogP contribution < -0.4 is 4.74 Å². The van der Waals surface area contributed by atoms with Gasteiger partial charge in [-0.25, -0.2) is 4.98 Å². The molecule has 1 saturated heterocycles. The van der Waals surface area contributed by atoms with Gasteiger partial charge in [-0.15, -0.1) is 11.3 Å². The number of carbonyl (C=O) groups excluding carboxylic acids is 1. The van der Waals surface area contributed by atoms with Gasteiger partial charge in [-0.05, 0) is 24.3 Å². The van der Waals surface area contributed by atoms with Crippen molar-refractivity contribution in [1.29, 1.82) is 0 Å². The summed E-state index contributed by atoms with van der Waals surface area (Å²) in [5.74, 6) is 0.786. The van der Waals surface area contributed by atoms with Crippen molar-refractivity contribution in [3.05, 3.63) is 35.3 Å². The van der Waals surface area contributed by atoms with Gasteiger partial charge in [-0.2, -0.15) is 0 Å². The number of amides is 1. The van der Waals surface area contributed by atoms with E-state index in [1.807, 2.05) is 29.6 Å². The SMILES string of the molecule is COc1ccc(-c2nc(C(=O)N3CCOCC3)cs2)cc1. The molecule has 0 radical (unpaired) electrons. The van der Waals surface area contributed by atoms with E-state index in [1.54, 1.807) is 12.0 Å². The van der Waals surface area contributed by atoms with Gasteiger partial charge in [0, 0.05) is 24.0 Å². The molecule has 0 bridgehead atoms. The quantitative estimate of drug-likeness (QED) is 0.873. The van der Waals surface area contributed by atoms with Gasteiger partial charge in [0.15, 0.2) is 0 Å². The Labute approximate surface area is 127 Å². The number of benzene rings is 1. The van der Waals surface area contributed by atoms with Gasteiger partial charge < -0.3 is 14.4 Å². The van der Waals surface area contributed by atoms with Crippen molar-refractivity contribution in [2.45, 2.75) is 0 Å². The van der Waals surface area contributed by atoms with Gasteiger partial charge in [0.05, 0.1) is 20.3 Å². The summed E-state index contributed by atoms with van der Waals surface area (Å²) in [6, 6.07) is 7.67. The molecule has 2 heterocycles. The molecule has 1 fully saturated rings. The fourth-order valence-electron chi connectivity index (χ4n) is 2.17. The Bertz CT molecular complexity index is 618. The number of hydrogen-bond acceptors (Lipinski definition) is 5. The fourth-order valence-corrected chi connectivity index (χ4v) is 2.97. The van der Waals surface area contributed by atoms with E-state index in [0.29, 0.717) is 32.0 Å². The second kappa shape index (κ2) is 6.24. The van der Waals surface area contributed by atoms with Crippen LogP contribution in [0.3, 0.4) is 0 Å². The van der Waals surface area contributed by atoms with Crippen LogP contribution in [-0.2, 0) is 4.74 Å². The molecule has 0 atom stereocenters. The third kappa shape index (κ3) is 3.06. The number of thiazole rings is 1. The summed E-state index contributed by atoms with van der Waals surface area (Å²) in [6.07, 6.45) is 0. The van der Waals surface area contributed by atoms with E-state index in [1.165, 1.54) is 11.3 Å².